The van der Waals surface area contributed by atoms with Gasteiger partial charge in [0.1, 0.15) is 5.82 Å². The van der Waals surface area contributed by atoms with Crippen molar-refractivity contribution in [2.45, 2.75) is 6.92 Å². The number of hydrogen-bond donors (Lipinski definition) is 0. The molecule has 0 saturated carbocycles. The van der Waals surface area contributed by atoms with Crippen LogP contribution in [-0.4, -0.2) is 12.6 Å². The lowest BCUT2D eigenvalue weighted by Crippen LogP contribution is -2.07. The number of halogens is 2. The zero-order valence-corrected chi connectivity index (χ0v) is 9.17. The number of esters is 1. The highest BCUT2D eigenvalue weighted by Crippen LogP contribution is 2.13. The standard InChI is InChI=1S/C9H8FIO2/c1-2-13-9(12)7-4-3-6(11)5-8(7)10/h3-5H,2H2,1H3. The highest BCUT2D eigenvalue weighted by atomic mass is 127. The molecule has 1 rings (SSSR count). The minimum Gasteiger partial charge on any atom is -0.462 e. The van der Waals surface area contributed by atoms with Crippen molar-refractivity contribution in [2.24, 2.45) is 0 Å². The predicted octanol–water partition coefficient (Wildman–Crippen LogP) is 2.61. The number of carbonyl (C=O) groups is 1. The van der Waals surface area contributed by atoms with Crippen molar-refractivity contribution < 1.29 is 13.9 Å². The van der Waals surface area contributed by atoms with Crippen LogP contribution >= 0.6 is 22.6 Å². The smallest absolute Gasteiger partial charge is 0.341 e. The Morgan fingerprint density at radius 3 is 2.85 bits per heavy atom. The second-order valence-electron chi connectivity index (χ2n) is 2.34. The highest BCUT2D eigenvalue weighted by molar-refractivity contribution is 14.1. The van der Waals surface area contributed by atoms with Gasteiger partial charge in [-0.1, -0.05) is 0 Å². The van der Waals surface area contributed by atoms with Crippen LogP contribution in [0.5, 0.6) is 0 Å². The minimum atomic E-state index is -0.614. The van der Waals surface area contributed by atoms with Crippen molar-refractivity contribution in [3.63, 3.8) is 0 Å². The number of carbonyl (C=O) groups excluding carboxylic acids is 1. The molecule has 70 valence electrons. The summed E-state index contributed by atoms with van der Waals surface area (Å²) in [4.78, 5) is 11.1. The summed E-state index contributed by atoms with van der Waals surface area (Å²) < 4.78 is 18.5. The fourth-order valence-corrected chi connectivity index (χ4v) is 1.32. The van der Waals surface area contributed by atoms with Gasteiger partial charge in [-0.05, 0) is 47.7 Å². The Morgan fingerprint density at radius 1 is 1.62 bits per heavy atom. The molecule has 0 aliphatic heterocycles. The first-order chi connectivity index (χ1) is 6.15. The van der Waals surface area contributed by atoms with Crippen LogP contribution in [-0.2, 0) is 4.74 Å². The van der Waals surface area contributed by atoms with Crippen LogP contribution in [0.15, 0.2) is 18.2 Å². The average molecular weight is 294 g/mol. The van der Waals surface area contributed by atoms with Gasteiger partial charge in [-0.15, -0.1) is 0 Å². The third-order valence-corrected chi connectivity index (χ3v) is 2.10. The molecule has 0 unspecified atom stereocenters. The summed E-state index contributed by atoms with van der Waals surface area (Å²) in [5.41, 5.74) is -0.0118. The number of benzene rings is 1. The summed E-state index contributed by atoms with van der Waals surface area (Å²) in [7, 11) is 0. The van der Waals surface area contributed by atoms with Gasteiger partial charge >= 0.3 is 5.97 Å². The van der Waals surface area contributed by atoms with E-state index in [1.807, 2.05) is 22.6 Å². The molecular weight excluding hydrogens is 286 g/mol. The normalized spacial score (nSPS) is 9.77. The van der Waals surface area contributed by atoms with Crippen molar-refractivity contribution in [2.75, 3.05) is 6.61 Å². The quantitative estimate of drug-likeness (QED) is 0.619. The van der Waals surface area contributed by atoms with E-state index in [-0.39, 0.29) is 12.2 Å². The lowest BCUT2D eigenvalue weighted by atomic mass is 10.2. The summed E-state index contributed by atoms with van der Waals surface area (Å²) in [6.07, 6.45) is 0. The number of ether oxygens (including phenoxy) is 1. The number of hydrogen-bond acceptors (Lipinski definition) is 2. The van der Waals surface area contributed by atoms with Gasteiger partial charge in [0.25, 0.3) is 0 Å². The number of rotatable bonds is 2. The third-order valence-electron chi connectivity index (χ3n) is 1.43. The first-order valence-corrected chi connectivity index (χ1v) is 4.85. The van der Waals surface area contributed by atoms with Crippen molar-refractivity contribution in [1.82, 2.24) is 0 Å². The van der Waals surface area contributed by atoms with Crippen LogP contribution in [0.3, 0.4) is 0 Å². The van der Waals surface area contributed by atoms with Gasteiger partial charge in [0, 0.05) is 3.57 Å². The van der Waals surface area contributed by atoms with Gasteiger partial charge in [0.15, 0.2) is 0 Å². The fraction of sp³-hybridized carbons (Fsp3) is 0.222. The van der Waals surface area contributed by atoms with Gasteiger partial charge in [0.05, 0.1) is 12.2 Å². The molecule has 1 aromatic rings. The van der Waals surface area contributed by atoms with Gasteiger partial charge in [-0.2, -0.15) is 0 Å². The molecule has 0 fully saturated rings. The molecule has 0 heterocycles. The molecule has 0 spiro atoms. The van der Waals surface area contributed by atoms with E-state index >= 15 is 0 Å². The lowest BCUT2D eigenvalue weighted by Gasteiger charge is -2.02. The van der Waals surface area contributed by atoms with E-state index in [1.165, 1.54) is 12.1 Å². The van der Waals surface area contributed by atoms with E-state index in [0.29, 0.717) is 0 Å². The lowest BCUT2D eigenvalue weighted by molar-refractivity contribution is 0.0521. The van der Waals surface area contributed by atoms with Crippen molar-refractivity contribution in [3.8, 4) is 0 Å². The maximum Gasteiger partial charge on any atom is 0.341 e. The molecule has 0 radical (unpaired) electrons. The second-order valence-corrected chi connectivity index (χ2v) is 3.59. The molecule has 0 atom stereocenters. The molecule has 0 aromatic heterocycles. The molecule has 4 heteroatoms. The molecule has 0 bridgehead atoms. The zero-order chi connectivity index (χ0) is 9.84. The van der Waals surface area contributed by atoms with Crippen LogP contribution in [0.2, 0.25) is 0 Å². The van der Waals surface area contributed by atoms with E-state index in [2.05, 4.69) is 4.74 Å². The zero-order valence-electron chi connectivity index (χ0n) is 7.01. The third kappa shape index (κ3) is 2.65. The van der Waals surface area contributed by atoms with Gasteiger partial charge < -0.3 is 4.74 Å². The van der Waals surface area contributed by atoms with Crippen molar-refractivity contribution >= 4 is 28.6 Å². The van der Waals surface area contributed by atoms with Crippen LogP contribution in [0, 0.1) is 9.39 Å². The summed E-state index contributed by atoms with van der Waals surface area (Å²) >= 11 is 1.97. The largest absolute Gasteiger partial charge is 0.462 e. The summed E-state index contributed by atoms with van der Waals surface area (Å²) in [5.74, 6) is -1.15. The van der Waals surface area contributed by atoms with E-state index in [9.17, 15) is 9.18 Å². The van der Waals surface area contributed by atoms with E-state index in [4.69, 9.17) is 0 Å². The first kappa shape index (κ1) is 10.4. The Labute approximate surface area is 89.2 Å². The maximum absolute atomic E-state index is 13.1. The van der Waals surface area contributed by atoms with E-state index in [1.54, 1.807) is 13.0 Å². The molecule has 0 aliphatic carbocycles. The highest BCUT2D eigenvalue weighted by Gasteiger charge is 2.11. The maximum atomic E-state index is 13.1. The van der Waals surface area contributed by atoms with Crippen molar-refractivity contribution in [3.05, 3.63) is 33.1 Å². The van der Waals surface area contributed by atoms with Gasteiger partial charge in [-0.25, -0.2) is 9.18 Å². The molecule has 0 aliphatic rings. The Bertz CT molecular complexity index is 325. The molecule has 0 amide bonds. The molecule has 0 N–H and O–H groups in total. The minimum absolute atomic E-state index is 0.0118. The van der Waals surface area contributed by atoms with Gasteiger partial charge in [0.2, 0.25) is 0 Å². The SMILES string of the molecule is CCOC(=O)c1ccc(I)cc1F. The second kappa shape index (κ2) is 4.55. The Hall–Kier alpha value is -0.650. The van der Waals surface area contributed by atoms with Crippen LogP contribution in [0.25, 0.3) is 0 Å². The molecule has 2 nitrogen and oxygen atoms in total. The van der Waals surface area contributed by atoms with Crippen molar-refractivity contribution in [1.29, 1.82) is 0 Å². The average Bonchev–Trinajstić information content (AvgIpc) is 2.04. The van der Waals surface area contributed by atoms with Crippen LogP contribution in [0.1, 0.15) is 17.3 Å². The first-order valence-electron chi connectivity index (χ1n) is 3.77. The summed E-state index contributed by atoms with van der Waals surface area (Å²) in [5, 5.41) is 0. The Morgan fingerprint density at radius 2 is 2.31 bits per heavy atom. The predicted molar refractivity (Wildman–Crippen MR) is 55.1 cm³/mol. The molecular formula is C9H8FIO2. The van der Waals surface area contributed by atoms with E-state index in [0.717, 1.165) is 3.57 Å². The van der Waals surface area contributed by atoms with Crippen LogP contribution in [0.4, 0.5) is 4.39 Å². The molecule has 1 aromatic carbocycles. The Kier molecular flexibility index (Phi) is 3.65. The molecule has 13 heavy (non-hydrogen) atoms. The fourth-order valence-electron chi connectivity index (χ4n) is 0.864. The Balaban J connectivity index is 2.95. The molecule has 0 saturated heterocycles. The van der Waals surface area contributed by atoms with Crippen LogP contribution < -0.4 is 0 Å². The monoisotopic (exact) mass is 294 g/mol. The summed E-state index contributed by atoms with van der Waals surface area (Å²) in [6, 6.07) is 4.39. The van der Waals surface area contributed by atoms with Gasteiger partial charge in [-0.3, -0.25) is 0 Å². The summed E-state index contributed by atoms with van der Waals surface area (Å²) in [6.45, 7) is 1.94. The topological polar surface area (TPSA) is 26.3 Å². The van der Waals surface area contributed by atoms with E-state index < -0.39 is 11.8 Å².